The maximum Gasteiger partial charge on any atom is 0.275 e. The van der Waals surface area contributed by atoms with Gasteiger partial charge in [-0.2, -0.15) is 10.2 Å². The zero-order chi connectivity index (χ0) is 18.8. The Balaban J connectivity index is 1.89. The molecule has 1 saturated heterocycles. The highest BCUT2D eigenvalue weighted by molar-refractivity contribution is 9.10. The zero-order valence-electron chi connectivity index (χ0n) is 15.0. The Bertz CT molecular complexity index is 837. The van der Waals surface area contributed by atoms with E-state index in [2.05, 4.69) is 31.4 Å². The lowest BCUT2D eigenvalue weighted by Gasteiger charge is -2.27. The smallest absolute Gasteiger partial charge is 0.275 e. The van der Waals surface area contributed by atoms with Crippen LogP contribution in [0.2, 0.25) is 0 Å². The van der Waals surface area contributed by atoms with Crippen molar-refractivity contribution in [3.8, 4) is 0 Å². The van der Waals surface area contributed by atoms with E-state index < -0.39 is 0 Å². The summed E-state index contributed by atoms with van der Waals surface area (Å²) in [6, 6.07) is 0. The number of aryl methyl sites for hydroxylation is 3. The van der Waals surface area contributed by atoms with Gasteiger partial charge in [0.25, 0.3) is 11.8 Å². The largest absolute Gasteiger partial charge is 0.378 e. The van der Waals surface area contributed by atoms with Gasteiger partial charge in [-0.3, -0.25) is 19.0 Å². The van der Waals surface area contributed by atoms with E-state index in [1.165, 1.54) is 10.9 Å². The highest BCUT2D eigenvalue weighted by atomic mass is 79.9. The van der Waals surface area contributed by atoms with Gasteiger partial charge in [0.05, 0.1) is 35.3 Å². The molecule has 9 nitrogen and oxygen atoms in total. The number of hydrogen-bond acceptors (Lipinski definition) is 5. The van der Waals surface area contributed by atoms with Crippen molar-refractivity contribution < 1.29 is 14.3 Å². The Labute approximate surface area is 159 Å². The molecule has 2 aromatic heterocycles. The third-order valence-corrected chi connectivity index (χ3v) is 5.20. The molecule has 0 aromatic carbocycles. The maximum absolute atomic E-state index is 12.9. The minimum Gasteiger partial charge on any atom is -0.378 e. The van der Waals surface area contributed by atoms with Crippen LogP contribution in [-0.4, -0.2) is 62.6 Å². The molecule has 3 rings (SSSR count). The minimum atomic E-state index is -0.355. The van der Waals surface area contributed by atoms with Gasteiger partial charge in [-0.05, 0) is 29.8 Å². The standard InChI is InChI=1S/C16H21BrN6O3/c1-4-23-13(16(25)22-5-7-26-8-6-22)11(9-18-23)19-15(24)14-12(17)10(2)20-21(14)3/h9H,4-8H2,1-3H3,(H,19,24). The predicted octanol–water partition coefficient (Wildman–Crippen LogP) is 1.43. The van der Waals surface area contributed by atoms with Crippen LogP contribution in [0.1, 0.15) is 33.6 Å². The highest BCUT2D eigenvalue weighted by Gasteiger charge is 2.27. The monoisotopic (exact) mass is 424 g/mol. The molecule has 0 radical (unpaired) electrons. The molecule has 0 unspecified atom stereocenters. The third kappa shape index (κ3) is 3.38. The Morgan fingerprint density at radius 2 is 2.00 bits per heavy atom. The molecule has 3 heterocycles. The number of carbonyl (C=O) groups is 2. The summed E-state index contributed by atoms with van der Waals surface area (Å²) < 4.78 is 9.03. The number of rotatable bonds is 4. The normalized spacial score (nSPS) is 14.5. The molecule has 26 heavy (non-hydrogen) atoms. The van der Waals surface area contributed by atoms with E-state index in [9.17, 15) is 9.59 Å². The lowest BCUT2D eigenvalue weighted by Crippen LogP contribution is -2.41. The van der Waals surface area contributed by atoms with Crippen LogP contribution in [0.5, 0.6) is 0 Å². The molecule has 1 N–H and O–H groups in total. The summed E-state index contributed by atoms with van der Waals surface area (Å²) in [6.45, 7) is 6.29. The van der Waals surface area contributed by atoms with E-state index in [0.29, 0.717) is 60.1 Å². The maximum atomic E-state index is 12.9. The quantitative estimate of drug-likeness (QED) is 0.800. The first-order valence-electron chi connectivity index (χ1n) is 8.37. The molecule has 0 aliphatic carbocycles. The highest BCUT2D eigenvalue weighted by Crippen LogP contribution is 2.23. The fourth-order valence-electron chi connectivity index (χ4n) is 2.92. The number of carbonyl (C=O) groups excluding carboxylic acids is 2. The molecule has 0 bridgehead atoms. The summed E-state index contributed by atoms with van der Waals surface area (Å²) in [4.78, 5) is 27.4. The molecule has 0 spiro atoms. The lowest BCUT2D eigenvalue weighted by molar-refractivity contribution is 0.0295. The number of nitrogens with zero attached hydrogens (tertiary/aromatic N) is 5. The summed E-state index contributed by atoms with van der Waals surface area (Å²) in [7, 11) is 1.70. The first-order valence-corrected chi connectivity index (χ1v) is 9.16. The van der Waals surface area contributed by atoms with Crippen LogP contribution < -0.4 is 5.32 Å². The van der Waals surface area contributed by atoms with E-state index in [-0.39, 0.29) is 11.8 Å². The van der Waals surface area contributed by atoms with E-state index in [1.807, 2.05) is 13.8 Å². The third-order valence-electron chi connectivity index (χ3n) is 4.25. The van der Waals surface area contributed by atoms with Crippen LogP contribution in [0.4, 0.5) is 5.69 Å². The summed E-state index contributed by atoms with van der Waals surface area (Å²) >= 11 is 3.39. The number of ether oxygens (including phenoxy) is 1. The molecule has 2 amide bonds. The number of halogens is 1. The van der Waals surface area contributed by atoms with Crippen molar-refractivity contribution in [1.82, 2.24) is 24.5 Å². The van der Waals surface area contributed by atoms with Crippen LogP contribution >= 0.6 is 15.9 Å². The van der Waals surface area contributed by atoms with Gasteiger partial charge in [0.2, 0.25) is 0 Å². The Morgan fingerprint density at radius 1 is 1.31 bits per heavy atom. The van der Waals surface area contributed by atoms with Gasteiger partial charge in [-0.1, -0.05) is 0 Å². The van der Waals surface area contributed by atoms with Gasteiger partial charge in [0.1, 0.15) is 11.4 Å². The van der Waals surface area contributed by atoms with Crippen molar-refractivity contribution in [2.75, 3.05) is 31.6 Å². The van der Waals surface area contributed by atoms with Crippen molar-refractivity contribution in [2.24, 2.45) is 7.05 Å². The fourth-order valence-corrected chi connectivity index (χ4v) is 3.43. The predicted molar refractivity (Wildman–Crippen MR) is 98.2 cm³/mol. The van der Waals surface area contributed by atoms with E-state index in [1.54, 1.807) is 16.6 Å². The molecule has 1 fully saturated rings. The van der Waals surface area contributed by atoms with Crippen LogP contribution in [0, 0.1) is 6.92 Å². The van der Waals surface area contributed by atoms with E-state index >= 15 is 0 Å². The molecular formula is C16H21BrN6O3. The number of morpholine rings is 1. The molecular weight excluding hydrogens is 404 g/mol. The van der Waals surface area contributed by atoms with E-state index in [0.717, 1.165) is 0 Å². The number of amides is 2. The number of hydrogen-bond donors (Lipinski definition) is 1. The molecule has 0 saturated carbocycles. The van der Waals surface area contributed by atoms with Crippen molar-refractivity contribution in [2.45, 2.75) is 20.4 Å². The van der Waals surface area contributed by atoms with Crippen molar-refractivity contribution >= 4 is 33.4 Å². The Hall–Kier alpha value is -2.20. The fraction of sp³-hybridized carbons (Fsp3) is 0.500. The second kappa shape index (κ2) is 7.58. The van der Waals surface area contributed by atoms with Crippen LogP contribution in [-0.2, 0) is 18.3 Å². The van der Waals surface area contributed by atoms with E-state index in [4.69, 9.17) is 4.74 Å². The van der Waals surface area contributed by atoms with Gasteiger partial charge in [-0.15, -0.1) is 0 Å². The number of nitrogens with one attached hydrogen (secondary N) is 1. The SMILES string of the molecule is CCn1ncc(NC(=O)c2c(Br)c(C)nn2C)c1C(=O)N1CCOCC1. The van der Waals surface area contributed by atoms with Gasteiger partial charge < -0.3 is 15.0 Å². The minimum absolute atomic E-state index is 0.164. The Morgan fingerprint density at radius 3 is 2.58 bits per heavy atom. The van der Waals surface area contributed by atoms with Gasteiger partial charge in [0.15, 0.2) is 0 Å². The average molecular weight is 425 g/mol. The van der Waals surface area contributed by atoms with Gasteiger partial charge >= 0.3 is 0 Å². The molecule has 1 aliphatic rings. The second-order valence-electron chi connectivity index (χ2n) is 5.95. The van der Waals surface area contributed by atoms with Crippen molar-refractivity contribution in [3.63, 3.8) is 0 Å². The molecule has 10 heteroatoms. The van der Waals surface area contributed by atoms with Crippen LogP contribution in [0.3, 0.4) is 0 Å². The summed E-state index contributed by atoms with van der Waals surface area (Å²) in [5.74, 6) is -0.519. The number of anilines is 1. The summed E-state index contributed by atoms with van der Waals surface area (Å²) in [5, 5.41) is 11.3. The van der Waals surface area contributed by atoms with Crippen LogP contribution in [0.25, 0.3) is 0 Å². The number of aromatic nitrogens is 4. The topological polar surface area (TPSA) is 94.3 Å². The van der Waals surface area contributed by atoms with Gasteiger partial charge in [-0.25, -0.2) is 0 Å². The van der Waals surface area contributed by atoms with Crippen LogP contribution in [0.15, 0.2) is 10.7 Å². The molecule has 0 atom stereocenters. The zero-order valence-corrected chi connectivity index (χ0v) is 16.5. The first kappa shape index (κ1) is 18.6. The average Bonchev–Trinajstić information content (AvgIpc) is 3.15. The molecule has 140 valence electrons. The first-order chi connectivity index (χ1) is 12.4. The van der Waals surface area contributed by atoms with Crippen molar-refractivity contribution in [3.05, 3.63) is 27.8 Å². The van der Waals surface area contributed by atoms with Gasteiger partial charge in [0, 0.05) is 26.7 Å². The van der Waals surface area contributed by atoms with Crippen molar-refractivity contribution in [1.29, 1.82) is 0 Å². The summed E-state index contributed by atoms with van der Waals surface area (Å²) in [6.07, 6.45) is 1.51. The second-order valence-corrected chi connectivity index (χ2v) is 6.75. The molecule has 2 aromatic rings. The summed E-state index contributed by atoms with van der Waals surface area (Å²) in [5.41, 5.74) is 1.86. The lowest BCUT2D eigenvalue weighted by atomic mass is 10.2. The Kier molecular flexibility index (Phi) is 5.42. The molecule has 1 aliphatic heterocycles.